The first-order valence-electron chi connectivity index (χ1n) is 6.04. The molecule has 21 heavy (non-hydrogen) atoms. The van der Waals surface area contributed by atoms with E-state index in [-0.39, 0.29) is 9.92 Å². The second-order valence-electron chi connectivity index (χ2n) is 4.10. The predicted octanol–water partition coefficient (Wildman–Crippen LogP) is 3.80. The second-order valence-corrected chi connectivity index (χ2v) is 7.79. The molecular formula is C13H13Cl2NO3S2. The predicted molar refractivity (Wildman–Crippen MR) is 86.5 cm³/mol. The van der Waals surface area contributed by atoms with Crippen molar-refractivity contribution in [2.75, 3.05) is 12.3 Å². The molecule has 0 atom stereocenters. The molecule has 114 valence electrons. The largest absolute Gasteiger partial charge is 0.468 e. The zero-order valence-electron chi connectivity index (χ0n) is 10.9. The summed E-state index contributed by atoms with van der Waals surface area (Å²) in [6.45, 7) is 0.302. The maximum absolute atomic E-state index is 12.1. The van der Waals surface area contributed by atoms with Gasteiger partial charge in [-0.3, -0.25) is 0 Å². The van der Waals surface area contributed by atoms with Crippen molar-refractivity contribution in [1.82, 2.24) is 4.72 Å². The molecule has 1 N–H and O–H groups in total. The van der Waals surface area contributed by atoms with Crippen molar-refractivity contribution in [2.24, 2.45) is 0 Å². The van der Waals surface area contributed by atoms with E-state index in [0.29, 0.717) is 23.1 Å². The molecule has 0 spiro atoms. The molecule has 2 aromatic rings. The Balaban J connectivity index is 1.85. The molecule has 1 aromatic heterocycles. The topological polar surface area (TPSA) is 59.3 Å². The van der Waals surface area contributed by atoms with Gasteiger partial charge in [-0.15, -0.1) is 0 Å². The lowest BCUT2D eigenvalue weighted by Crippen LogP contribution is -2.26. The van der Waals surface area contributed by atoms with E-state index in [0.717, 1.165) is 5.76 Å². The lowest BCUT2D eigenvalue weighted by atomic mass is 10.4. The van der Waals surface area contributed by atoms with E-state index in [9.17, 15) is 8.42 Å². The summed E-state index contributed by atoms with van der Waals surface area (Å²) >= 11 is 13.3. The number of hydrogen-bond acceptors (Lipinski definition) is 4. The van der Waals surface area contributed by atoms with Crippen LogP contribution >= 0.6 is 35.0 Å². The first-order chi connectivity index (χ1) is 9.99. The summed E-state index contributed by atoms with van der Waals surface area (Å²) in [7, 11) is -3.65. The molecule has 1 aromatic carbocycles. The minimum atomic E-state index is -3.65. The van der Waals surface area contributed by atoms with Crippen LogP contribution in [0.2, 0.25) is 10.0 Å². The maximum Gasteiger partial charge on any atom is 0.242 e. The molecule has 0 aliphatic carbocycles. The van der Waals surface area contributed by atoms with E-state index in [2.05, 4.69) is 4.72 Å². The van der Waals surface area contributed by atoms with Crippen LogP contribution in [-0.2, 0) is 15.8 Å². The first kappa shape index (κ1) is 16.7. The molecule has 0 bridgehead atoms. The average Bonchev–Trinajstić information content (AvgIpc) is 2.94. The molecule has 0 aliphatic rings. The Morgan fingerprint density at radius 1 is 1.24 bits per heavy atom. The quantitative estimate of drug-likeness (QED) is 0.758. The third-order valence-corrected chi connectivity index (χ3v) is 5.70. The normalized spacial score (nSPS) is 11.7. The fourth-order valence-corrected chi connectivity index (χ4v) is 4.25. The fourth-order valence-electron chi connectivity index (χ4n) is 1.58. The second kappa shape index (κ2) is 7.56. The van der Waals surface area contributed by atoms with Gasteiger partial charge in [0.25, 0.3) is 0 Å². The van der Waals surface area contributed by atoms with E-state index >= 15 is 0 Å². The van der Waals surface area contributed by atoms with Gasteiger partial charge in [0.05, 0.1) is 17.0 Å². The minimum absolute atomic E-state index is 0.00676. The van der Waals surface area contributed by atoms with E-state index in [1.807, 2.05) is 12.1 Å². The fraction of sp³-hybridized carbons (Fsp3) is 0.231. The van der Waals surface area contributed by atoms with Gasteiger partial charge >= 0.3 is 0 Å². The summed E-state index contributed by atoms with van der Waals surface area (Å²) in [5, 5.41) is 0.474. The molecule has 4 nitrogen and oxygen atoms in total. The van der Waals surface area contributed by atoms with Crippen LogP contribution in [0.5, 0.6) is 0 Å². The third kappa shape index (κ3) is 4.93. The lowest BCUT2D eigenvalue weighted by molar-refractivity contribution is 0.530. The number of thioether (sulfide) groups is 1. The molecule has 0 fully saturated rings. The number of hydrogen-bond donors (Lipinski definition) is 1. The van der Waals surface area contributed by atoms with Crippen LogP contribution in [0, 0.1) is 0 Å². The van der Waals surface area contributed by atoms with Crippen LogP contribution in [0.3, 0.4) is 0 Å². The van der Waals surface area contributed by atoms with Gasteiger partial charge in [-0.1, -0.05) is 23.2 Å². The van der Waals surface area contributed by atoms with Gasteiger partial charge < -0.3 is 4.42 Å². The van der Waals surface area contributed by atoms with Crippen molar-refractivity contribution in [3.63, 3.8) is 0 Å². The Kier molecular flexibility index (Phi) is 6.01. The highest BCUT2D eigenvalue weighted by Crippen LogP contribution is 2.24. The highest BCUT2D eigenvalue weighted by atomic mass is 35.5. The highest BCUT2D eigenvalue weighted by molar-refractivity contribution is 7.98. The van der Waals surface area contributed by atoms with Gasteiger partial charge in [-0.2, -0.15) is 11.8 Å². The van der Waals surface area contributed by atoms with Crippen molar-refractivity contribution in [3.8, 4) is 0 Å². The van der Waals surface area contributed by atoms with Crippen molar-refractivity contribution < 1.29 is 12.8 Å². The third-order valence-electron chi connectivity index (χ3n) is 2.55. The van der Waals surface area contributed by atoms with E-state index in [1.165, 1.54) is 12.1 Å². The molecule has 0 aliphatic heterocycles. The molecule has 2 rings (SSSR count). The number of rotatable bonds is 7. The van der Waals surface area contributed by atoms with Crippen LogP contribution < -0.4 is 4.72 Å². The number of sulfonamides is 1. The van der Waals surface area contributed by atoms with Gasteiger partial charge in [0.15, 0.2) is 0 Å². The molecule has 0 unspecified atom stereocenters. The van der Waals surface area contributed by atoms with Crippen LogP contribution in [0.15, 0.2) is 45.9 Å². The Bertz CT molecular complexity index is 687. The van der Waals surface area contributed by atoms with Gasteiger partial charge in [0.2, 0.25) is 10.0 Å². The number of benzene rings is 1. The lowest BCUT2D eigenvalue weighted by Gasteiger charge is -2.08. The number of halogens is 2. The highest BCUT2D eigenvalue weighted by Gasteiger charge is 2.17. The molecule has 0 radical (unpaired) electrons. The smallest absolute Gasteiger partial charge is 0.242 e. The number of nitrogens with one attached hydrogen (secondary N) is 1. The summed E-state index contributed by atoms with van der Waals surface area (Å²) in [6.07, 6.45) is 1.61. The molecule has 0 saturated heterocycles. The SMILES string of the molecule is O=S(=O)(NCCSCc1ccco1)c1cc(Cl)ccc1Cl. The summed E-state index contributed by atoms with van der Waals surface area (Å²) in [5.74, 6) is 2.19. The summed E-state index contributed by atoms with van der Waals surface area (Å²) in [4.78, 5) is -0.00676. The Hall–Kier alpha value is -0.660. The zero-order valence-corrected chi connectivity index (χ0v) is 14.0. The van der Waals surface area contributed by atoms with Crippen LogP contribution in [-0.4, -0.2) is 20.7 Å². The number of furan rings is 1. The van der Waals surface area contributed by atoms with Crippen LogP contribution in [0.25, 0.3) is 0 Å². The standard InChI is InChI=1S/C13H13Cl2NO3S2/c14-10-3-4-12(15)13(8-10)21(17,18)16-5-7-20-9-11-2-1-6-19-11/h1-4,6,8,16H,5,7,9H2. The van der Waals surface area contributed by atoms with Gasteiger partial charge in [0, 0.05) is 17.3 Å². The van der Waals surface area contributed by atoms with Gasteiger partial charge in [-0.05, 0) is 30.3 Å². The Morgan fingerprint density at radius 3 is 2.76 bits per heavy atom. The Labute approximate surface area is 137 Å². The monoisotopic (exact) mass is 365 g/mol. The molecular weight excluding hydrogens is 353 g/mol. The van der Waals surface area contributed by atoms with Crippen molar-refractivity contribution in [1.29, 1.82) is 0 Å². The van der Waals surface area contributed by atoms with Gasteiger partial charge in [-0.25, -0.2) is 13.1 Å². The van der Waals surface area contributed by atoms with Crippen LogP contribution in [0.1, 0.15) is 5.76 Å². The zero-order chi connectivity index (χ0) is 15.3. The van der Waals surface area contributed by atoms with Crippen molar-refractivity contribution in [2.45, 2.75) is 10.6 Å². The minimum Gasteiger partial charge on any atom is -0.468 e. The van der Waals surface area contributed by atoms with E-state index < -0.39 is 10.0 Å². The van der Waals surface area contributed by atoms with E-state index in [1.54, 1.807) is 24.1 Å². The summed E-state index contributed by atoms with van der Waals surface area (Å²) in [5.41, 5.74) is 0. The molecule has 0 amide bonds. The average molecular weight is 366 g/mol. The molecule has 8 heteroatoms. The summed E-state index contributed by atoms with van der Waals surface area (Å²) in [6, 6.07) is 8.04. The Morgan fingerprint density at radius 2 is 2.05 bits per heavy atom. The molecule has 0 saturated carbocycles. The maximum atomic E-state index is 12.1. The van der Waals surface area contributed by atoms with Crippen molar-refractivity contribution >= 4 is 45.0 Å². The van der Waals surface area contributed by atoms with Crippen molar-refractivity contribution in [3.05, 3.63) is 52.4 Å². The van der Waals surface area contributed by atoms with Crippen LogP contribution in [0.4, 0.5) is 0 Å². The first-order valence-corrected chi connectivity index (χ1v) is 9.43. The summed E-state index contributed by atoms with van der Waals surface area (Å²) < 4.78 is 31.9. The van der Waals surface area contributed by atoms with E-state index in [4.69, 9.17) is 27.6 Å². The molecule has 1 heterocycles. The van der Waals surface area contributed by atoms with Gasteiger partial charge in [0.1, 0.15) is 10.7 Å².